The first-order chi connectivity index (χ1) is 12.2. The predicted molar refractivity (Wildman–Crippen MR) is 103 cm³/mol. The van der Waals surface area contributed by atoms with E-state index in [4.69, 9.17) is 9.47 Å². The van der Waals surface area contributed by atoms with E-state index in [0.717, 1.165) is 0 Å². The van der Waals surface area contributed by atoms with Crippen molar-refractivity contribution in [2.45, 2.75) is 25.7 Å². The van der Waals surface area contributed by atoms with Gasteiger partial charge >= 0.3 is 0 Å². The van der Waals surface area contributed by atoms with E-state index >= 15 is 0 Å². The molecule has 0 amide bonds. The number of benzene rings is 2. The molecule has 140 valence electrons. The van der Waals surface area contributed by atoms with Gasteiger partial charge in [-0.25, -0.2) is 8.78 Å². The highest BCUT2D eigenvalue weighted by atomic mass is 79.9. The highest BCUT2D eigenvalue weighted by molar-refractivity contribution is 9.10. The molecule has 0 heterocycles. The fourth-order valence-corrected chi connectivity index (χ4v) is 4.29. The van der Waals surface area contributed by atoms with Crippen LogP contribution in [0.5, 0.6) is 11.5 Å². The maximum absolute atomic E-state index is 14.1. The molecule has 0 saturated heterocycles. The molecule has 0 aliphatic carbocycles. The van der Waals surface area contributed by atoms with Crippen LogP contribution in [0, 0.1) is 11.6 Å². The number of hydrogen-bond acceptors (Lipinski definition) is 3. The van der Waals surface area contributed by atoms with Gasteiger partial charge in [0.1, 0.15) is 5.78 Å². The summed E-state index contributed by atoms with van der Waals surface area (Å²) in [5.74, 6) is -2.69. The minimum atomic E-state index is -0.690. The molecule has 2 aromatic carbocycles. The van der Waals surface area contributed by atoms with Gasteiger partial charge in [-0.3, -0.25) is 4.79 Å². The van der Waals surface area contributed by atoms with Gasteiger partial charge in [0.25, 0.3) is 0 Å². The van der Waals surface area contributed by atoms with Gasteiger partial charge < -0.3 is 9.47 Å². The van der Waals surface area contributed by atoms with Gasteiger partial charge in [0, 0.05) is 31.9 Å². The van der Waals surface area contributed by atoms with Crippen LogP contribution in [0.2, 0.25) is 0 Å². The van der Waals surface area contributed by atoms with Crippen LogP contribution in [0.15, 0.2) is 33.2 Å². The molecular weight excluding hydrogens is 474 g/mol. The van der Waals surface area contributed by atoms with Crippen molar-refractivity contribution >= 4 is 37.6 Å². The zero-order valence-corrected chi connectivity index (χ0v) is 17.9. The third-order valence-corrected chi connectivity index (χ3v) is 5.70. The number of ether oxygens (including phenoxy) is 2. The second kappa shape index (κ2) is 8.48. The lowest BCUT2D eigenvalue weighted by molar-refractivity contribution is -0.121. The highest BCUT2D eigenvalue weighted by Crippen LogP contribution is 2.42. The summed E-state index contributed by atoms with van der Waals surface area (Å²) in [6.45, 7) is 3.33. The van der Waals surface area contributed by atoms with Crippen molar-refractivity contribution in [2.75, 3.05) is 14.2 Å². The molecular formula is C19H18Br2F2O3. The Balaban J connectivity index is 2.51. The van der Waals surface area contributed by atoms with Crippen molar-refractivity contribution in [1.82, 2.24) is 0 Å². The normalized spacial score (nSPS) is 13.2. The SMILES string of the molecule is COc1c(F)ccc(Br)c1C(C)C(=O)C(C)c1c(Br)ccc(F)c1OC. The Labute approximate surface area is 167 Å². The van der Waals surface area contributed by atoms with Gasteiger partial charge in [-0.15, -0.1) is 0 Å². The molecule has 0 aliphatic rings. The van der Waals surface area contributed by atoms with E-state index in [9.17, 15) is 13.6 Å². The summed E-state index contributed by atoms with van der Waals surface area (Å²) >= 11 is 6.72. The standard InChI is InChI=1S/C19H18Br2F2O3/c1-9(15-11(20)5-7-13(22)18(15)25-3)17(24)10(2)16-12(21)6-8-14(23)19(16)26-4/h5-10H,1-4H3. The van der Waals surface area contributed by atoms with E-state index in [0.29, 0.717) is 20.1 Å². The lowest BCUT2D eigenvalue weighted by atomic mass is 9.85. The highest BCUT2D eigenvalue weighted by Gasteiger charge is 2.31. The Kier molecular flexibility index (Phi) is 6.80. The van der Waals surface area contributed by atoms with Crippen molar-refractivity contribution in [3.63, 3.8) is 0 Å². The molecule has 26 heavy (non-hydrogen) atoms. The van der Waals surface area contributed by atoms with Gasteiger partial charge in [0.15, 0.2) is 23.1 Å². The lowest BCUT2D eigenvalue weighted by Gasteiger charge is -2.22. The molecule has 0 N–H and O–H groups in total. The maximum atomic E-state index is 14.1. The molecule has 3 nitrogen and oxygen atoms in total. The Hall–Kier alpha value is -1.47. The van der Waals surface area contributed by atoms with Crippen LogP contribution in [0.1, 0.15) is 36.8 Å². The number of methoxy groups -OCH3 is 2. The Morgan fingerprint density at radius 2 is 1.19 bits per heavy atom. The lowest BCUT2D eigenvalue weighted by Crippen LogP contribution is -2.19. The maximum Gasteiger partial charge on any atom is 0.165 e. The minimum Gasteiger partial charge on any atom is -0.493 e. The number of hydrogen-bond donors (Lipinski definition) is 0. The fourth-order valence-electron chi connectivity index (χ4n) is 2.98. The van der Waals surface area contributed by atoms with Crippen molar-refractivity contribution in [1.29, 1.82) is 0 Å². The zero-order valence-electron chi connectivity index (χ0n) is 14.7. The second-order valence-corrected chi connectivity index (χ2v) is 7.51. The number of carbonyl (C=O) groups is 1. The van der Waals surface area contributed by atoms with Gasteiger partial charge in [0.05, 0.1) is 14.2 Å². The topological polar surface area (TPSA) is 35.5 Å². The van der Waals surface area contributed by atoms with E-state index < -0.39 is 23.5 Å². The Morgan fingerprint density at radius 1 is 0.846 bits per heavy atom. The average molecular weight is 492 g/mol. The number of rotatable bonds is 6. The smallest absolute Gasteiger partial charge is 0.165 e. The Bertz CT molecular complexity index is 773. The molecule has 0 aliphatic heterocycles. The quantitative estimate of drug-likeness (QED) is 0.498. The summed E-state index contributed by atoms with van der Waals surface area (Å²) in [6, 6.07) is 5.58. The first-order valence-electron chi connectivity index (χ1n) is 7.82. The van der Waals surface area contributed by atoms with E-state index in [1.54, 1.807) is 13.8 Å². The van der Waals surface area contributed by atoms with Gasteiger partial charge in [-0.1, -0.05) is 45.7 Å². The first kappa shape index (κ1) is 20.8. The molecule has 7 heteroatoms. The van der Waals surface area contributed by atoms with Crippen molar-refractivity contribution in [3.8, 4) is 11.5 Å². The summed E-state index contributed by atoms with van der Waals surface area (Å²) in [5, 5.41) is 0. The van der Waals surface area contributed by atoms with E-state index in [1.807, 2.05) is 0 Å². The van der Waals surface area contributed by atoms with Crippen LogP contribution >= 0.6 is 31.9 Å². The number of ketones is 1. The van der Waals surface area contributed by atoms with E-state index in [-0.39, 0.29) is 17.3 Å². The van der Waals surface area contributed by atoms with Gasteiger partial charge in [-0.2, -0.15) is 0 Å². The van der Waals surface area contributed by atoms with Crippen LogP contribution < -0.4 is 9.47 Å². The average Bonchev–Trinajstić information content (AvgIpc) is 2.63. The largest absolute Gasteiger partial charge is 0.493 e. The first-order valence-corrected chi connectivity index (χ1v) is 9.40. The van der Waals surface area contributed by atoms with Crippen LogP contribution in [0.25, 0.3) is 0 Å². The fraction of sp³-hybridized carbons (Fsp3) is 0.316. The molecule has 0 radical (unpaired) electrons. The van der Waals surface area contributed by atoms with Gasteiger partial charge in [-0.05, 0) is 24.3 Å². The Morgan fingerprint density at radius 3 is 1.50 bits per heavy atom. The van der Waals surface area contributed by atoms with Crippen molar-refractivity contribution in [2.24, 2.45) is 0 Å². The molecule has 2 rings (SSSR count). The summed E-state index contributed by atoms with van der Waals surface area (Å²) < 4.78 is 39.6. The molecule has 0 spiro atoms. The molecule has 2 aromatic rings. The molecule has 2 unspecified atom stereocenters. The van der Waals surface area contributed by atoms with Crippen molar-refractivity contribution < 1.29 is 23.0 Å². The van der Waals surface area contributed by atoms with Crippen LogP contribution in [0.4, 0.5) is 8.78 Å². The second-order valence-electron chi connectivity index (χ2n) is 5.80. The summed E-state index contributed by atoms with van der Waals surface area (Å²) in [7, 11) is 2.70. The predicted octanol–water partition coefficient (Wildman–Crippen LogP) is 5.98. The number of carbonyl (C=O) groups excluding carboxylic acids is 1. The van der Waals surface area contributed by atoms with E-state index in [1.165, 1.54) is 38.5 Å². The van der Waals surface area contributed by atoms with Crippen molar-refractivity contribution in [3.05, 3.63) is 56.0 Å². The van der Waals surface area contributed by atoms with E-state index in [2.05, 4.69) is 31.9 Å². The monoisotopic (exact) mass is 490 g/mol. The summed E-state index contributed by atoms with van der Waals surface area (Å²) in [4.78, 5) is 13.1. The minimum absolute atomic E-state index is 0.0118. The third kappa shape index (κ3) is 3.78. The number of halogens is 4. The summed E-state index contributed by atoms with van der Waals surface area (Å²) in [5.41, 5.74) is 0.826. The molecule has 0 fully saturated rings. The molecule has 0 aromatic heterocycles. The molecule has 0 bridgehead atoms. The molecule has 0 saturated carbocycles. The van der Waals surface area contributed by atoms with Gasteiger partial charge in [0.2, 0.25) is 0 Å². The number of Topliss-reactive ketones (excluding diaryl/α,β-unsaturated/α-hetero) is 1. The molecule has 2 atom stereocenters. The van der Waals surface area contributed by atoms with Crippen LogP contribution in [0.3, 0.4) is 0 Å². The van der Waals surface area contributed by atoms with Crippen LogP contribution in [-0.4, -0.2) is 20.0 Å². The van der Waals surface area contributed by atoms with Crippen LogP contribution in [-0.2, 0) is 4.79 Å². The third-order valence-electron chi connectivity index (χ3n) is 4.32. The zero-order chi connectivity index (χ0) is 19.6. The summed E-state index contributed by atoms with van der Waals surface area (Å²) in [6.07, 6.45) is 0.